The fourth-order valence-electron chi connectivity index (χ4n) is 2.07. The van der Waals surface area contributed by atoms with Gasteiger partial charge in [0.1, 0.15) is 5.75 Å². The first kappa shape index (κ1) is 12.7. The Kier molecular flexibility index (Phi) is 3.69. The molecule has 0 aliphatic carbocycles. The van der Waals surface area contributed by atoms with Crippen molar-refractivity contribution in [1.82, 2.24) is 15.2 Å². The Balaban J connectivity index is 1.65. The van der Waals surface area contributed by atoms with E-state index in [1.165, 1.54) is 0 Å². The number of rotatable bonds is 4. The summed E-state index contributed by atoms with van der Waals surface area (Å²) in [4.78, 5) is 3.99. The molecule has 106 valence electrons. The van der Waals surface area contributed by atoms with Gasteiger partial charge in [0.25, 0.3) is 0 Å². The first-order valence-electron chi connectivity index (χ1n) is 6.63. The van der Waals surface area contributed by atoms with Crippen molar-refractivity contribution in [1.29, 1.82) is 0 Å². The number of aromatic nitrogens is 3. The van der Waals surface area contributed by atoms with Crippen molar-refractivity contribution >= 4 is 17.6 Å². The first-order chi connectivity index (χ1) is 9.79. The van der Waals surface area contributed by atoms with E-state index < -0.39 is 0 Å². The van der Waals surface area contributed by atoms with Crippen LogP contribution in [0.2, 0.25) is 0 Å². The summed E-state index contributed by atoms with van der Waals surface area (Å²) >= 11 is 0. The molecule has 1 unspecified atom stereocenters. The van der Waals surface area contributed by atoms with E-state index in [1.54, 1.807) is 0 Å². The van der Waals surface area contributed by atoms with E-state index in [2.05, 4.69) is 20.5 Å². The molecule has 0 spiro atoms. The van der Waals surface area contributed by atoms with Crippen molar-refractivity contribution in [3.8, 4) is 5.75 Å². The van der Waals surface area contributed by atoms with Gasteiger partial charge in [0.05, 0.1) is 6.61 Å². The van der Waals surface area contributed by atoms with E-state index in [1.807, 2.05) is 24.3 Å². The van der Waals surface area contributed by atoms with Crippen molar-refractivity contribution < 1.29 is 9.47 Å². The predicted molar refractivity (Wildman–Crippen MR) is 74.7 cm³/mol. The summed E-state index contributed by atoms with van der Waals surface area (Å²) in [6.45, 7) is 0.764. The number of H-pyrrole nitrogens is 1. The van der Waals surface area contributed by atoms with Crippen LogP contribution in [0.15, 0.2) is 24.3 Å². The Morgan fingerprint density at radius 2 is 2.35 bits per heavy atom. The summed E-state index contributed by atoms with van der Waals surface area (Å²) in [5, 5.41) is 9.52. The predicted octanol–water partition coefficient (Wildman–Crippen LogP) is 2.04. The molecular weight excluding hydrogens is 258 g/mol. The highest BCUT2D eigenvalue weighted by atomic mass is 16.7. The number of nitrogen functional groups attached to an aromatic ring is 1. The molecule has 1 fully saturated rings. The SMILES string of the molecule is Nc1n[nH]c(Nc2cccc(OC3CCCCO3)c2)n1. The molecule has 0 saturated carbocycles. The topological polar surface area (TPSA) is 98.1 Å². The summed E-state index contributed by atoms with van der Waals surface area (Å²) in [6.07, 6.45) is 3.02. The second-order valence-electron chi connectivity index (χ2n) is 4.61. The highest BCUT2D eigenvalue weighted by Gasteiger charge is 2.15. The molecule has 4 N–H and O–H groups in total. The van der Waals surface area contributed by atoms with Gasteiger partial charge in [0.15, 0.2) is 6.29 Å². The zero-order chi connectivity index (χ0) is 13.8. The second-order valence-corrected chi connectivity index (χ2v) is 4.61. The van der Waals surface area contributed by atoms with Crippen LogP contribution in [0.3, 0.4) is 0 Å². The number of aromatic amines is 1. The van der Waals surface area contributed by atoms with Crippen molar-refractivity contribution in [3.05, 3.63) is 24.3 Å². The Morgan fingerprint density at radius 3 is 3.10 bits per heavy atom. The Morgan fingerprint density at radius 1 is 1.40 bits per heavy atom. The maximum absolute atomic E-state index is 5.81. The van der Waals surface area contributed by atoms with Crippen molar-refractivity contribution in [2.75, 3.05) is 17.7 Å². The Hall–Kier alpha value is -2.28. The molecule has 1 atom stereocenters. The van der Waals surface area contributed by atoms with Gasteiger partial charge in [-0.15, -0.1) is 5.10 Å². The molecule has 1 aromatic heterocycles. The number of hydrogen-bond donors (Lipinski definition) is 3. The number of nitrogens with one attached hydrogen (secondary N) is 2. The van der Waals surface area contributed by atoms with Crippen LogP contribution in [-0.2, 0) is 4.74 Å². The molecule has 1 saturated heterocycles. The maximum atomic E-state index is 5.81. The minimum absolute atomic E-state index is 0.153. The largest absolute Gasteiger partial charge is 0.465 e. The molecular formula is C13H17N5O2. The highest BCUT2D eigenvalue weighted by molar-refractivity contribution is 5.56. The van der Waals surface area contributed by atoms with Crippen LogP contribution in [0.1, 0.15) is 19.3 Å². The van der Waals surface area contributed by atoms with Crippen molar-refractivity contribution in [2.24, 2.45) is 0 Å². The number of nitrogens with zero attached hydrogens (tertiary/aromatic N) is 2. The van der Waals surface area contributed by atoms with Gasteiger partial charge in [-0.1, -0.05) is 6.07 Å². The quantitative estimate of drug-likeness (QED) is 0.789. The second kappa shape index (κ2) is 5.79. The van der Waals surface area contributed by atoms with Gasteiger partial charge in [-0.2, -0.15) is 4.98 Å². The molecule has 3 rings (SSSR count). The van der Waals surface area contributed by atoms with Crippen LogP contribution >= 0.6 is 0 Å². The van der Waals surface area contributed by atoms with Crippen LogP contribution in [0, 0.1) is 0 Å². The average molecular weight is 275 g/mol. The van der Waals surface area contributed by atoms with E-state index in [4.69, 9.17) is 15.2 Å². The van der Waals surface area contributed by atoms with Crippen molar-refractivity contribution in [2.45, 2.75) is 25.6 Å². The van der Waals surface area contributed by atoms with E-state index in [9.17, 15) is 0 Å². The molecule has 20 heavy (non-hydrogen) atoms. The molecule has 1 aliphatic heterocycles. The number of benzene rings is 1. The third-order valence-corrected chi connectivity index (χ3v) is 3.00. The molecule has 0 radical (unpaired) electrons. The molecule has 0 bridgehead atoms. The van der Waals surface area contributed by atoms with E-state index in [0.29, 0.717) is 5.95 Å². The van der Waals surface area contributed by atoms with Gasteiger partial charge in [0, 0.05) is 18.2 Å². The molecule has 1 aromatic carbocycles. The average Bonchev–Trinajstić information content (AvgIpc) is 2.86. The Bertz CT molecular complexity index is 565. The third-order valence-electron chi connectivity index (χ3n) is 3.00. The van der Waals surface area contributed by atoms with Crippen LogP contribution in [-0.4, -0.2) is 28.1 Å². The fraction of sp³-hybridized carbons (Fsp3) is 0.385. The lowest BCUT2D eigenvalue weighted by atomic mass is 10.2. The highest BCUT2D eigenvalue weighted by Crippen LogP contribution is 2.23. The Labute approximate surface area is 116 Å². The van der Waals surface area contributed by atoms with E-state index in [-0.39, 0.29) is 12.2 Å². The number of ether oxygens (including phenoxy) is 2. The number of hydrogen-bond acceptors (Lipinski definition) is 6. The summed E-state index contributed by atoms with van der Waals surface area (Å²) in [6, 6.07) is 7.60. The van der Waals surface area contributed by atoms with Gasteiger partial charge in [-0.3, -0.25) is 0 Å². The monoisotopic (exact) mass is 275 g/mol. The van der Waals surface area contributed by atoms with Gasteiger partial charge >= 0.3 is 0 Å². The standard InChI is InChI=1S/C13H17N5O2/c14-12-16-13(18-17-12)15-9-4-3-5-10(8-9)20-11-6-1-2-7-19-11/h3-5,8,11H,1-2,6-7H2,(H4,14,15,16,17,18). The minimum atomic E-state index is -0.153. The third kappa shape index (κ3) is 3.18. The van der Waals surface area contributed by atoms with E-state index in [0.717, 1.165) is 37.3 Å². The zero-order valence-corrected chi connectivity index (χ0v) is 11.0. The first-order valence-corrected chi connectivity index (χ1v) is 6.63. The van der Waals surface area contributed by atoms with Gasteiger partial charge in [-0.25, -0.2) is 5.10 Å². The lowest BCUT2D eigenvalue weighted by Crippen LogP contribution is -2.24. The maximum Gasteiger partial charge on any atom is 0.241 e. The van der Waals surface area contributed by atoms with Crippen LogP contribution in [0.5, 0.6) is 5.75 Å². The van der Waals surface area contributed by atoms with Gasteiger partial charge in [0.2, 0.25) is 11.9 Å². The van der Waals surface area contributed by atoms with Crippen LogP contribution < -0.4 is 15.8 Å². The minimum Gasteiger partial charge on any atom is -0.465 e. The van der Waals surface area contributed by atoms with Crippen LogP contribution in [0.25, 0.3) is 0 Å². The lowest BCUT2D eigenvalue weighted by molar-refractivity contribution is -0.105. The fourth-order valence-corrected chi connectivity index (χ4v) is 2.07. The van der Waals surface area contributed by atoms with Gasteiger partial charge < -0.3 is 20.5 Å². The summed E-state index contributed by atoms with van der Waals surface area (Å²) < 4.78 is 11.4. The lowest BCUT2D eigenvalue weighted by Gasteiger charge is -2.23. The molecule has 2 aromatic rings. The van der Waals surface area contributed by atoms with Crippen molar-refractivity contribution in [3.63, 3.8) is 0 Å². The molecule has 1 aliphatic rings. The number of anilines is 3. The summed E-state index contributed by atoms with van der Waals surface area (Å²) in [7, 11) is 0. The zero-order valence-electron chi connectivity index (χ0n) is 11.0. The van der Waals surface area contributed by atoms with Crippen LogP contribution in [0.4, 0.5) is 17.6 Å². The van der Waals surface area contributed by atoms with E-state index >= 15 is 0 Å². The molecule has 7 heteroatoms. The smallest absolute Gasteiger partial charge is 0.241 e. The summed E-state index contributed by atoms with van der Waals surface area (Å²) in [5.74, 6) is 1.46. The molecule has 2 heterocycles. The molecule has 7 nitrogen and oxygen atoms in total. The summed E-state index contributed by atoms with van der Waals surface area (Å²) in [5.41, 5.74) is 6.29. The normalized spacial score (nSPS) is 18.7. The molecule has 0 amide bonds. The van der Waals surface area contributed by atoms with Gasteiger partial charge in [-0.05, 0) is 25.0 Å². The number of nitrogens with two attached hydrogens (primary N) is 1.